The van der Waals surface area contributed by atoms with Crippen LogP contribution in [-0.4, -0.2) is 52.3 Å². The summed E-state index contributed by atoms with van der Waals surface area (Å²) in [4.78, 5) is 33.8. The lowest BCUT2D eigenvalue weighted by Crippen LogP contribution is -2.49. The fourth-order valence-electron chi connectivity index (χ4n) is 3.97. The summed E-state index contributed by atoms with van der Waals surface area (Å²) in [7, 11) is 0. The van der Waals surface area contributed by atoms with Gasteiger partial charge in [-0.25, -0.2) is 9.37 Å². The Kier molecular flexibility index (Phi) is 5.89. The third-order valence-corrected chi connectivity index (χ3v) is 6.58. The van der Waals surface area contributed by atoms with E-state index >= 15 is 0 Å². The fraction of sp³-hybridized carbons (Fsp3) is 0.476. The van der Waals surface area contributed by atoms with Gasteiger partial charge in [0.05, 0.1) is 11.7 Å². The Hall–Kier alpha value is -2.35. The maximum absolute atomic E-state index is 14.0. The van der Waals surface area contributed by atoms with Crippen molar-refractivity contribution in [1.82, 2.24) is 14.5 Å². The van der Waals surface area contributed by atoms with Crippen LogP contribution >= 0.6 is 11.8 Å². The Morgan fingerprint density at radius 3 is 2.72 bits per heavy atom. The Labute approximate surface area is 173 Å². The van der Waals surface area contributed by atoms with Gasteiger partial charge in [-0.05, 0) is 18.6 Å². The minimum Gasteiger partial charge on any atom is -0.366 e. The summed E-state index contributed by atoms with van der Waals surface area (Å²) in [5.74, 6) is 0.501. The number of benzene rings is 1. The van der Waals surface area contributed by atoms with E-state index in [4.69, 9.17) is 0 Å². The molecule has 0 spiro atoms. The number of hydrogen-bond donors (Lipinski definition) is 0. The van der Waals surface area contributed by atoms with Crippen LogP contribution in [0.4, 0.5) is 10.1 Å². The van der Waals surface area contributed by atoms with E-state index in [0.717, 1.165) is 23.7 Å². The number of aromatic nitrogens is 2. The van der Waals surface area contributed by atoms with E-state index in [9.17, 15) is 14.0 Å². The molecule has 1 atom stereocenters. The summed E-state index contributed by atoms with van der Waals surface area (Å²) in [5.41, 5.74) is 1.35. The lowest BCUT2D eigenvalue weighted by atomic mass is 10.1. The molecule has 2 aromatic rings. The average Bonchev–Trinajstić information content (AvgIpc) is 3.12. The molecule has 1 aromatic carbocycles. The van der Waals surface area contributed by atoms with Gasteiger partial charge in [-0.3, -0.25) is 14.2 Å². The number of rotatable bonds is 5. The van der Waals surface area contributed by atoms with Gasteiger partial charge in [-0.2, -0.15) is 0 Å². The molecule has 0 radical (unpaired) electrons. The number of para-hydroxylation sites is 1. The van der Waals surface area contributed by atoms with Crippen molar-refractivity contribution in [1.29, 1.82) is 0 Å². The van der Waals surface area contributed by atoms with Gasteiger partial charge in [0, 0.05) is 50.1 Å². The minimum atomic E-state index is -0.235. The topological polar surface area (TPSA) is 58.4 Å². The number of piperazine rings is 1. The SMILES string of the molecule is CCCc1cc(=O)n2c(n1)SCC2CC(=O)N1CCN(c2ccccc2F)CC1. The van der Waals surface area contributed by atoms with E-state index in [1.165, 1.54) is 6.07 Å². The Morgan fingerprint density at radius 1 is 1.24 bits per heavy atom. The number of halogens is 1. The average molecular weight is 417 g/mol. The van der Waals surface area contributed by atoms with E-state index in [2.05, 4.69) is 11.9 Å². The predicted molar refractivity (Wildman–Crippen MR) is 112 cm³/mol. The molecule has 0 saturated carbocycles. The number of carbonyl (C=O) groups is 1. The summed E-state index contributed by atoms with van der Waals surface area (Å²) in [6.45, 7) is 4.38. The van der Waals surface area contributed by atoms with Crippen LogP contribution in [0.3, 0.4) is 0 Å². The van der Waals surface area contributed by atoms with E-state index in [1.54, 1.807) is 34.5 Å². The van der Waals surface area contributed by atoms with Crippen LogP contribution in [0.25, 0.3) is 0 Å². The first-order chi connectivity index (χ1) is 14.1. The quantitative estimate of drug-likeness (QED) is 0.702. The molecular formula is C21H25FN4O2S. The number of thioether (sulfide) groups is 1. The lowest BCUT2D eigenvalue weighted by Gasteiger charge is -2.36. The number of fused-ring (bicyclic) bond motifs is 1. The molecule has 1 saturated heterocycles. The summed E-state index contributed by atoms with van der Waals surface area (Å²) in [6.07, 6.45) is 2.04. The highest BCUT2D eigenvalue weighted by Gasteiger charge is 2.30. The molecule has 0 aliphatic carbocycles. The molecule has 29 heavy (non-hydrogen) atoms. The highest BCUT2D eigenvalue weighted by Crippen LogP contribution is 2.32. The summed E-state index contributed by atoms with van der Waals surface area (Å²) in [6, 6.07) is 8.18. The molecular weight excluding hydrogens is 391 g/mol. The second kappa shape index (κ2) is 8.57. The van der Waals surface area contributed by atoms with Gasteiger partial charge < -0.3 is 9.80 Å². The molecule has 4 rings (SSSR count). The largest absolute Gasteiger partial charge is 0.366 e. The highest BCUT2D eigenvalue weighted by molar-refractivity contribution is 7.99. The summed E-state index contributed by atoms with van der Waals surface area (Å²) < 4.78 is 15.7. The molecule has 8 heteroatoms. The van der Waals surface area contributed by atoms with Crippen LogP contribution in [0.2, 0.25) is 0 Å². The van der Waals surface area contributed by atoms with Gasteiger partial charge >= 0.3 is 0 Å². The number of nitrogens with zero attached hydrogens (tertiary/aromatic N) is 4. The number of aryl methyl sites for hydroxylation is 1. The molecule has 0 bridgehead atoms. The molecule has 3 heterocycles. The smallest absolute Gasteiger partial charge is 0.254 e. The van der Waals surface area contributed by atoms with Gasteiger partial charge in [0.25, 0.3) is 5.56 Å². The Morgan fingerprint density at radius 2 is 2.00 bits per heavy atom. The van der Waals surface area contributed by atoms with Crippen molar-refractivity contribution >= 4 is 23.4 Å². The van der Waals surface area contributed by atoms with Crippen LogP contribution < -0.4 is 10.5 Å². The summed E-state index contributed by atoms with van der Waals surface area (Å²) in [5, 5.41) is 0.725. The van der Waals surface area contributed by atoms with Gasteiger partial charge in [0.15, 0.2) is 5.16 Å². The van der Waals surface area contributed by atoms with E-state index in [1.807, 2.05) is 15.9 Å². The van der Waals surface area contributed by atoms with Crippen molar-refractivity contribution < 1.29 is 9.18 Å². The first-order valence-corrected chi connectivity index (χ1v) is 11.1. The zero-order valence-electron chi connectivity index (χ0n) is 16.5. The lowest BCUT2D eigenvalue weighted by molar-refractivity contribution is -0.132. The molecule has 1 fully saturated rings. The van der Waals surface area contributed by atoms with Crippen LogP contribution in [0.5, 0.6) is 0 Å². The van der Waals surface area contributed by atoms with Crippen LogP contribution in [-0.2, 0) is 11.2 Å². The maximum Gasteiger partial charge on any atom is 0.254 e. The third-order valence-electron chi connectivity index (χ3n) is 5.48. The third kappa shape index (κ3) is 4.17. The first kappa shape index (κ1) is 19.9. The zero-order valence-corrected chi connectivity index (χ0v) is 17.3. The molecule has 6 nitrogen and oxygen atoms in total. The predicted octanol–water partition coefficient (Wildman–Crippen LogP) is 2.72. The van der Waals surface area contributed by atoms with Crippen molar-refractivity contribution in [2.24, 2.45) is 0 Å². The van der Waals surface area contributed by atoms with E-state index in [-0.39, 0.29) is 23.3 Å². The normalized spacial score (nSPS) is 18.8. The molecule has 0 N–H and O–H groups in total. The number of anilines is 1. The fourth-order valence-corrected chi connectivity index (χ4v) is 5.14. The van der Waals surface area contributed by atoms with Gasteiger partial charge in [-0.1, -0.05) is 37.2 Å². The molecule has 1 unspecified atom stereocenters. The molecule has 2 aliphatic heterocycles. The van der Waals surface area contributed by atoms with Crippen molar-refractivity contribution in [3.05, 3.63) is 52.2 Å². The van der Waals surface area contributed by atoms with Crippen molar-refractivity contribution in [2.45, 2.75) is 37.4 Å². The van der Waals surface area contributed by atoms with Gasteiger partial charge in [0.1, 0.15) is 5.82 Å². The zero-order chi connectivity index (χ0) is 20.4. The minimum absolute atomic E-state index is 0.0427. The van der Waals surface area contributed by atoms with Crippen molar-refractivity contribution in [3.63, 3.8) is 0 Å². The highest BCUT2D eigenvalue weighted by atomic mass is 32.2. The second-order valence-corrected chi connectivity index (χ2v) is 8.46. The first-order valence-electron chi connectivity index (χ1n) is 10.1. The molecule has 154 valence electrons. The molecule has 1 aromatic heterocycles. The molecule has 2 aliphatic rings. The molecule has 1 amide bonds. The monoisotopic (exact) mass is 416 g/mol. The van der Waals surface area contributed by atoms with Crippen LogP contribution in [0, 0.1) is 5.82 Å². The van der Waals surface area contributed by atoms with Gasteiger partial charge in [-0.15, -0.1) is 0 Å². The van der Waals surface area contributed by atoms with Crippen molar-refractivity contribution in [2.75, 3.05) is 36.8 Å². The van der Waals surface area contributed by atoms with Gasteiger partial charge in [0.2, 0.25) is 5.91 Å². The van der Waals surface area contributed by atoms with Crippen LogP contribution in [0.1, 0.15) is 31.5 Å². The summed E-state index contributed by atoms with van der Waals surface area (Å²) >= 11 is 1.55. The standard InChI is InChI=1S/C21H25FN4O2S/c1-2-5-15-12-20(28)26-16(14-29-21(26)23-15)13-19(27)25-10-8-24(9-11-25)18-7-4-3-6-17(18)22/h3-4,6-7,12,16H,2,5,8-11,13-14H2,1H3. The Bertz CT molecular complexity index is 956. The Balaban J connectivity index is 1.38. The van der Waals surface area contributed by atoms with Crippen molar-refractivity contribution in [3.8, 4) is 0 Å². The number of carbonyl (C=O) groups excluding carboxylic acids is 1. The van der Waals surface area contributed by atoms with E-state index in [0.29, 0.717) is 44.0 Å². The van der Waals surface area contributed by atoms with E-state index < -0.39 is 0 Å². The number of amides is 1. The second-order valence-electron chi connectivity index (χ2n) is 7.48. The maximum atomic E-state index is 14.0. The number of hydrogen-bond acceptors (Lipinski definition) is 5. The van der Waals surface area contributed by atoms with Crippen LogP contribution in [0.15, 0.2) is 40.3 Å².